The number of esters is 1. The van der Waals surface area contributed by atoms with Gasteiger partial charge < -0.3 is 30.4 Å². The van der Waals surface area contributed by atoms with Crippen LogP contribution in [0.5, 0.6) is 0 Å². The van der Waals surface area contributed by atoms with E-state index < -0.39 is 58.1 Å². The van der Waals surface area contributed by atoms with Gasteiger partial charge in [-0.3, -0.25) is 24.0 Å². The maximum atomic E-state index is 12.3. The molecular formula is C16H23NO11. The van der Waals surface area contributed by atoms with Gasteiger partial charge in [-0.05, 0) is 27.7 Å². The molecule has 0 bridgehead atoms. The van der Waals surface area contributed by atoms with E-state index in [-0.39, 0.29) is 6.21 Å². The first-order valence-corrected chi connectivity index (χ1v) is 7.76. The molecule has 0 unspecified atom stereocenters. The first-order valence-electron chi connectivity index (χ1n) is 7.76. The van der Waals surface area contributed by atoms with E-state index in [0.717, 1.165) is 6.92 Å². The second-order valence-corrected chi connectivity index (χ2v) is 6.30. The molecule has 0 aliphatic rings. The van der Waals surface area contributed by atoms with E-state index in [0.29, 0.717) is 27.7 Å². The maximum absolute atomic E-state index is 12.3. The molecule has 0 aliphatic carbocycles. The standard InChI is InChI=1S/C16H23NO11/c1-8(18)13(23,6-17-27)15(25,10(3)20)16(26,11(4)21)14(24,9(2)19)7-28-12(5)22/h6,23-27H,7H2,1-5H3/t13-,14+,15-,16+/m1/s1. The van der Waals surface area contributed by atoms with Crippen molar-refractivity contribution in [1.29, 1.82) is 0 Å². The Bertz CT molecular complexity index is 732. The van der Waals surface area contributed by atoms with Crippen LogP contribution >= 0.6 is 0 Å². The van der Waals surface area contributed by atoms with Crippen LogP contribution in [0, 0.1) is 0 Å². The van der Waals surface area contributed by atoms with E-state index >= 15 is 0 Å². The third-order valence-electron chi connectivity index (χ3n) is 4.54. The predicted octanol–water partition coefficient (Wildman–Crippen LogP) is -2.71. The van der Waals surface area contributed by atoms with Gasteiger partial charge in [0.1, 0.15) is 6.61 Å². The summed E-state index contributed by atoms with van der Waals surface area (Å²) in [5.41, 5.74) is -14.9. The van der Waals surface area contributed by atoms with E-state index in [1.165, 1.54) is 0 Å². The number of hydrogen-bond donors (Lipinski definition) is 5. The lowest BCUT2D eigenvalue weighted by atomic mass is 9.58. The lowest BCUT2D eigenvalue weighted by Crippen LogP contribution is -2.84. The summed E-state index contributed by atoms with van der Waals surface area (Å²) in [6.45, 7) is 1.73. The van der Waals surface area contributed by atoms with Gasteiger partial charge >= 0.3 is 5.97 Å². The van der Waals surface area contributed by atoms with E-state index in [1.807, 2.05) is 0 Å². The van der Waals surface area contributed by atoms with E-state index in [4.69, 9.17) is 5.21 Å². The Hall–Kier alpha value is -2.54. The quantitative estimate of drug-likeness (QED) is 0.109. The van der Waals surface area contributed by atoms with Gasteiger partial charge in [-0.2, -0.15) is 0 Å². The third-order valence-corrected chi connectivity index (χ3v) is 4.54. The lowest BCUT2D eigenvalue weighted by molar-refractivity contribution is -0.259. The summed E-state index contributed by atoms with van der Waals surface area (Å²) in [5.74, 6) is -7.35. The van der Waals surface area contributed by atoms with E-state index in [1.54, 1.807) is 0 Å². The number of nitrogens with zero attached hydrogens (tertiary/aromatic N) is 1. The van der Waals surface area contributed by atoms with Crippen LogP contribution in [0.2, 0.25) is 0 Å². The summed E-state index contributed by atoms with van der Waals surface area (Å²) < 4.78 is 4.48. The molecule has 0 rings (SSSR count). The van der Waals surface area contributed by atoms with Gasteiger partial charge in [0.25, 0.3) is 0 Å². The highest BCUT2D eigenvalue weighted by Gasteiger charge is 2.77. The molecule has 5 N–H and O–H groups in total. The molecule has 12 heteroatoms. The van der Waals surface area contributed by atoms with Gasteiger partial charge in [-0.25, -0.2) is 0 Å². The van der Waals surface area contributed by atoms with E-state index in [2.05, 4.69) is 9.89 Å². The minimum Gasteiger partial charge on any atom is -0.462 e. The van der Waals surface area contributed by atoms with Crippen molar-refractivity contribution in [2.75, 3.05) is 6.61 Å². The Kier molecular flexibility index (Phi) is 7.48. The third kappa shape index (κ3) is 3.46. The van der Waals surface area contributed by atoms with Crippen molar-refractivity contribution >= 4 is 35.3 Å². The highest BCUT2D eigenvalue weighted by atomic mass is 16.5. The van der Waals surface area contributed by atoms with Crippen LogP contribution in [0.1, 0.15) is 34.6 Å². The molecule has 0 saturated heterocycles. The smallest absolute Gasteiger partial charge is 0.302 e. The van der Waals surface area contributed by atoms with Crippen LogP contribution in [0.3, 0.4) is 0 Å². The molecule has 0 fully saturated rings. The van der Waals surface area contributed by atoms with E-state index in [9.17, 15) is 44.4 Å². The molecule has 4 atom stereocenters. The highest BCUT2D eigenvalue weighted by molar-refractivity contribution is 6.14. The molecule has 0 saturated carbocycles. The van der Waals surface area contributed by atoms with Gasteiger partial charge in [-0.15, -0.1) is 0 Å². The Morgan fingerprint density at radius 3 is 1.46 bits per heavy atom. The number of rotatable bonds is 10. The molecule has 0 heterocycles. The second-order valence-electron chi connectivity index (χ2n) is 6.30. The number of ketones is 4. The average molecular weight is 405 g/mol. The number of Topliss-reactive ketones (excluding diaryl/α,β-unsaturated/α-hetero) is 4. The van der Waals surface area contributed by atoms with Crippen molar-refractivity contribution < 1.29 is 54.3 Å². The fourth-order valence-corrected chi connectivity index (χ4v) is 2.83. The molecule has 0 aromatic heterocycles. The summed E-state index contributed by atoms with van der Waals surface area (Å²) >= 11 is 0. The largest absolute Gasteiger partial charge is 0.462 e. The molecular weight excluding hydrogens is 382 g/mol. The zero-order valence-corrected chi connectivity index (χ0v) is 15.9. The number of hydrogen-bond acceptors (Lipinski definition) is 12. The average Bonchev–Trinajstić information content (AvgIpc) is 2.56. The van der Waals surface area contributed by atoms with Gasteiger partial charge in [0, 0.05) is 6.92 Å². The maximum Gasteiger partial charge on any atom is 0.302 e. The minimum atomic E-state index is -3.94. The summed E-state index contributed by atoms with van der Waals surface area (Å²) in [7, 11) is 0. The van der Waals surface area contributed by atoms with Crippen LogP contribution in [0.25, 0.3) is 0 Å². The molecule has 0 aromatic rings. The molecule has 0 amide bonds. The fourth-order valence-electron chi connectivity index (χ4n) is 2.83. The van der Waals surface area contributed by atoms with Crippen molar-refractivity contribution in [2.45, 2.75) is 57.0 Å². The lowest BCUT2D eigenvalue weighted by Gasteiger charge is -2.52. The SMILES string of the molecule is CC(=O)OC[C@](O)(C(C)=O)[C@@](O)(C(C)=O)[C@@](O)(C(C)=O)[C@@](O)(C=NO)C(C)=O. The Balaban J connectivity index is 7.37. The van der Waals surface area contributed by atoms with Crippen molar-refractivity contribution in [2.24, 2.45) is 5.16 Å². The molecule has 0 aliphatic heterocycles. The number of oxime groups is 1. The van der Waals surface area contributed by atoms with Crippen LogP contribution in [0.15, 0.2) is 5.16 Å². The number of ether oxygens (including phenoxy) is 1. The van der Waals surface area contributed by atoms with Gasteiger partial charge in [0.15, 0.2) is 28.7 Å². The van der Waals surface area contributed by atoms with Gasteiger partial charge in [-0.1, -0.05) is 5.16 Å². The van der Waals surface area contributed by atoms with Gasteiger partial charge in [0.2, 0.25) is 16.8 Å². The number of carbonyl (C=O) groups is 5. The second kappa shape index (κ2) is 8.22. The molecule has 0 spiro atoms. The number of carbonyl (C=O) groups excluding carboxylic acids is 5. The fraction of sp³-hybridized carbons (Fsp3) is 0.625. The van der Waals surface area contributed by atoms with Crippen molar-refractivity contribution in [1.82, 2.24) is 0 Å². The predicted molar refractivity (Wildman–Crippen MR) is 89.4 cm³/mol. The van der Waals surface area contributed by atoms with Crippen LogP contribution in [0.4, 0.5) is 0 Å². The Labute approximate surface area is 159 Å². The molecule has 28 heavy (non-hydrogen) atoms. The number of aliphatic hydroxyl groups is 4. The highest BCUT2D eigenvalue weighted by Crippen LogP contribution is 2.42. The van der Waals surface area contributed by atoms with Crippen LogP contribution in [-0.2, 0) is 28.7 Å². The Morgan fingerprint density at radius 1 is 0.786 bits per heavy atom. The Morgan fingerprint density at radius 2 is 1.21 bits per heavy atom. The summed E-state index contributed by atoms with van der Waals surface area (Å²) in [6.07, 6.45) is -0.0585. The first kappa shape index (κ1) is 25.5. The topological polar surface area (TPSA) is 208 Å². The zero-order chi connectivity index (χ0) is 22.7. The first-order chi connectivity index (χ1) is 12.5. The molecule has 0 radical (unpaired) electrons. The normalized spacial score (nSPS) is 20.2. The minimum absolute atomic E-state index is 0.0585. The van der Waals surface area contributed by atoms with Crippen molar-refractivity contribution in [3.8, 4) is 0 Å². The van der Waals surface area contributed by atoms with Crippen LogP contribution in [-0.4, -0.2) is 90.0 Å². The van der Waals surface area contributed by atoms with Crippen molar-refractivity contribution in [3.63, 3.8) is 0 Å². The van der Waals surface area contributed by atoms with Crippen molar-refractivity contribution in [3.05, 3.63) is 0 Å². The molecule has 12 nitrogen and oxygen atoms in total. The zero-order valence-electron chi connectivity index (χ0n) is 15.9. The monoisotopic (exact) mass is 405 g/mol. The summed E-state index contributed by atoms with van der Waals surface area (Å²) in [5, 5.41) is 54.6. The summed E-state index contributed by atoms with van der Waals surface area (Å²) in [4.78, 5) is 59.9. The summed E-state index contributed by atoms with van der Waals surface area (Å²) in [6, 6.07) is 0. The van der Waals surface area contributed by atoms with Crippen LogP contribution < -0.4 is 0 Å². The molecule has 158 valence electrons. The molecule has 0 aromatic carbocycles. The van der Waals surface area contributed by atoms with Gasteiger partial charge in [0.05, 0.1) is 6.21 Å².